The lowest BCUT2D eigenvalue weighted by atomic mass is 10.1. The topological polar surface area (TPSA) is 47.3 Å². The van der Waals surface area contributed by atoms with Crippen LogP contribution in [0.25, 0.3) is 11.0 Å². The number of aliphatic hydroxyl groups is 1. The molecule has 0 fully saturated rings. The van der Waals surface area contributed by atoms with Gasteiger partial charge in [0.05, 0.1) is 17.6 Å². The summed E-state index contributed by atoms with van der Waals surface area (Å²) in [5, 5.41) is 9.12. The van der Waals surface area contributed by atoms with Crippen LogP contribution in [0.2, 0.25) is 0 Å². The van der Waals surface area contributed by atoms with Crippen molar-refractivity contribution in [3.8, 4) is 5.75 Å². The molecule has 3 aromatic rings. The molecule has 0 spiro atoms. The molecule has 0 radical (unpaired) electrons. The molecule has 1 heterocycles. The van der Waals surface area contributed by atoms with E-state index in [0.29, 0.717) is 6.61 Å². The van der Waals surface area contributed by atoms with E-state index in [1.165, 1.54) is 0 Å². The predicted molar refractivity (Wildman–Crippen MR) is 96.6 cm³/mol. The lowest BCUT2D eigenvalue weighted by Gasteiger charge is -2.14. The Bertz CT molecular complexity index is 803. The van der Waals surface area contributed by atoms with Crippen molar-refractivity contribution < 1.29 is 9.84 Å². The fraction of sp³-hybridized carbons (Fsp3) is 0.350. The highest BCUT2D eigenvalue weighted by Crippen LogP contribution is 2.23. The van der Waals surface area contributed by atoms with E-state index in [9.17, 15) is 0 Å². The molecule has 0 bridgehead atoms. The van der Waals surface area contributed by atoms with Gasteiger partial charge in [0, 0.05) is 13.0 Å². The van der Waals surface area contributed by atoms with Crippen molar-refractivity contribution in [1.82, 2.24) is 9.55 Å². The molecule has 0 unspecified atom stereocenters. The van der Waals surface area contributed by atoms with Crippen molar-refractivity contribution in [2.24, 2.45) is 0 Å². The fourth-order valence-corrected chi connectivity index (χ4v) is 3.07. The maximum atomic E-state index is 9.12. The minimum atomic E-state index is 0.183. The Morgan fingerprint density at radius 2 is 1.79 bits per heavy atom. The zero-order chi connectivity index (χ0) is 16.9. The van der Waals surface area contributed by atoms with Gasteiger partial charge in [-0.15, -0.1) is 0 Å². The maximum Gasteiger partial charge on any atom is 0.125 e. The van der Waals surface area contributed by atoms with Crippen LogP contribution in [0.1, 0.15) is 23.4 Å². The first-order valence-electron chi connectivity index (χ1n) is 8.44. The van der Waals surface area contributed by atoms with Crippen LogP contribution >= 0.6 is 0 Å². The van der Waals surface area contributed by atoms with Gasteiger partial charge < -0.3 is 14.4 Å². The Morgan fingerprint density at radius 1 is 1.04 bits per heavy atom. The minimum absolute atomic E-state index is 0.183. The molecule has 4 heteroatoms. The third-order valence-electron chi connectivity index (χ3n) is 4.26. The van der Waals surface area contributed by atoms with Gasteiger partial charge in [0.15, 0.2) is 0 Å². The first-order chi connectivity index (χ1) is 11.7. The number of aliphatic hydroxyl groups excluding tert-OH is 1. The first kappa shape index (κ1) is 16.5. The van der Waals surface area contributed by atoms with Crippen LogP contribution in [0.5, 0.6) is 5.75 Å². The molecule has 1 N–H and O–H groups in total. The predicted octanol–water partition coefficient (Wildman–Crippen LogP) is 3.66. The van der Waals surface area contributed by atoms with E-state index in [1.54, 1.807) is 0 Å². The summed E-state index contributed by atoms with van der Waals surface area (Å²) < 4.78 is 8.26. The van der Waals surface area contributed by atoms with Crippen LogP contribution in [0, 0.1) is 13.8 Å². The largest absolute Gasteiger partial charge is 0.491 e. The summed E-state index contributed by atoms with van der Waals surface area (Å²) in [5.74, 6) is 1.98. The average molecular weight is 324 g/mol. The summed E-state index contributed by atoms with van der Waals surface area (Å²) in [6, 6.07) is 14.3. The summed E-state index contributed by atoms with van der Waals surface area (Å²) >= 11 is 0. The van der Waals surface area contributed by atoms with Crippen molar-refractivity contribution in [2.45, 2.75) is 33.2 Å². The van der Waals surface area contributed by atoms with E-state index < -0.39 is 0 Å². The Morgan fingerprint density at radius 3 is 2.54 bits per heavy atom. The van der Waals surface area contributed by atoms with Crippen molar-refractivity contribution in [1.29, 1.82) is 0 Å². The van der Waals surface area contributed by atoms with Gasteiger partial charge in [-0.3, -0.25) is 0 Å². The highest BCUT2D eigenvalue weighted by Gasteiger charge is 2.11. The lowest BCUT2D eigenvalue weighted by molar-refractivity contribution is 0.282. The van der Waals surface area contributed by atoms with E-state index in [1.807, 2.05) is 24.3 Å². The van der Waals surface area contributed by atoms with Gasteiger partial charge in [-0.2, -0.15) is 0 Å². The molecule has 3 rings (SSSR count). The quantitative estimate of drug-likeness (QED) is 0.721. The molecule has 4 nitrogen and oxygen atoms in total. The number of hydrogen-bond donors (Lipinski definition) is 1. The molecule has 0 aliphatic rings. The fourth-order valence-electron chi connectivity index (χ4n) is 3.07. The second kappa shape index (κ2) is 7.49. The molecule has 126 valence electrons. The molecular weight excluding hydrogens is 300 g/mol. The van der Waals surface area contributed by atoms with E-state index >= 15 is 0 Å². The van der Waals surface area contributed by atoms with Crippen LogP contribution in [0.3, 0.4) is 0 Å². The van der Waals surface area contributed by atoms with Crippen molar-refractivity contribution in [3.05, 3.63) is 59.4 Å². The number of imidazole rings is 1. The first-order valence-corrected chi connectivity index (χ1v) is 8.44. The van der Waals surface area contributed by atoms with E-state index in [0.717, 1.165) is 53.1 Å². The average Bonchev–Trinajstić information content (AvgIpc) is 2.93. The number of aryl methyl sites for hydroxylation is 3. The summed E-state index contributed by atoms with van der Waals surface area (Å²) in [6.45, 7) is 5.67. The third kappa shape index (κ3) is 3.44. The van der Waals surface area contributed by atoms with Gasteiger partial charge in [0.25, 0.3) is 0 Å². The number of benzene rings is 2. The lowest BCUT2D eigenvalue weighted by Crippen LogP contribution is -2.12. The summed E-state index contributed by atoms with van der Waals surface area (Å²) in [5.41, 5.74) is 4.44. The van der Waals surface area contributed by atoms with E-state index in [4.69, 9.17) is 14.8 Å². The van der Waals surface area contributed by atoms with Gasteiger partial charge in [0.1, 0.15) is 18.2 Å². The zero-order valence-electron chi connectivity index (χ0n) is 14.3. The SMILES string of the molecule is Cc1cccc(C)c1OCCn1c(CCCO)nc2ccccc21. The van der Waals surface area contributed by atoms with Crippen molar-refractivity contribution in [3.63, 3.8) is 0 Å². The summed E-state index contributed by atoms with van der Waals surface area (Å²) in [7, 11) is 0. The number of hydrogen-bond acceptors (Lipinski definition) is 3. The normalized spacial score (nSPS) is 11.1. The highest BCUT2D eigenvalue weighted by molar-refractivity contribution is 5.75. The van der Waals surface area contributed by atoms with Crippen LogP contribution in [0.15, 0.2) is 42.5 Å². The molecule has 0 atom stereocenters. The third-order valence-corrected chi connectivity index (χ3v) is 4.26. The number of ether oxygens (including phenoxy) is 1. The van der Waals surface area contributed by atoms with Gasteiger partial charge in [-0.25, -0.2) is 4.98 Å². The Balaban J connectivity index is 1.79. The molecule has 0 aliphatic carbocycles. The van der Waals surface area contributed by atoms with Gasteiger partial charge in [0.2, 0.25) is 0 Å². The van der Waals surface area contributed by atoms with Crippen LogP contribution in [0.4, 0.5) is 0 Å². The Hall–Kier alpha value is -2.33. The molecule has 2 aromatic carbocycles. The minimum Gasteiger partial charge on any atom is -0.491 e. The Labute approximate surface area is 142 Å². The van der Waals surface area contributed by atoms with Crippen molar-refractivity contribution >= 4 is 11.0 Å². The smallest absolute Gasteiger partial charge is 0.125 e. The number of nitrogens with zero attached hydrogens (tertiary/aromatic N) is 2. The number of rotatable bonds is 7. The standard InChI is InChI=1S/C20H24N2O2/c1-15-7-5-8-16(2)20(15)24-14-12-22-18-10-4-3-9-17(18)21-19(22)11-6-13-23/h3-5,7-10,23H,6,11-14H2,1-2H3. The van der Waals surface area contributed by atoms with Crippen LogP contribution in [-0.2, 0) is 13.0 Å². The second-order valence-corrected chi connectivity index (χ2v) is 6.06. The van der Waals surface area contributed by atoms with Gasteiger partial charge in [-0.1, -0.05) is 30.3 Å². The van der Waals surface area contributed by atoms with Gasteiger partial charge in [-0.05, 0) is 43.5 Å². The van der Waals surface area contributed by atoms with Crippen molar-refractivity contribution in [2.75, 3.05) is 13.2 Å². The van der Waals surface area contributed by atoms with Crippen LogP contribution in [-0.4, -0.2) is 27.9 Å². The summed E-state index contributed by atoms with van der Waals surface area (Å²) in [6.07, 6.45) is 1.50. The second-order valence-electron chi connectivity index (χ2n) is 6.06. The van der Waals surface area contributed by atoms with E-state index in [-0.39, 0.29) is 6.61 Å². The molecule has 0 saturated carbocycles. The number of aromatic nitrogens is 2. The summed E-state index contributed by atoms with van der Waals surface area (Å²) in [4.78, 5) is 4.71. The molecule has 0 amide bonds. The molecule has 24 heavy (non-hydrogen) atoms. The molecule has 1 aromatic heterocycles. The maximum absolute atomic E-state index is 9.12. The molecule has 0 saturated heterocycles. The van der Waals surface area contributed by atoms with Gasteiger partial charge >= 0.3 is 0 Å². The number of para-hydroxylation sites is 3. The zero-order valence-corrected chi connectivity index (χ0v) is 14.3. The molecular formula is C20H24N2O2. The van der Waals surface area contributed by atoms with Crippen LogP contribution < -0.4 is 4.74 Å². The number of fused-ring (bicyclic) bond motifs is 1. The highest BCUT2D eigenvalue weighted by atomic mass is 16.5. The molecule has 0 aliphatic heterocycles. The monoisotopic (exact) mass is 324 g/mol. The Kier molecular flexibility index (Phi) is 5.16. The van der Waals surface area contributed by atoms with E-state index in [2.05, 4.69) is 36.6 Å².